The molecule has 0 N–H and O–H groups in total. The molecule has 45 heavy (non-hydrogen) atoms. The lowest BCUT2D eigenvalue weighted by Crippen LogP contribution is -2.08. The third kappa shape index (κ3) is 6.30. The largest absolute Gasteiger partial charge is 0.487 e. The maximum Gasteiger partial charge on any atom is 0.373 e. The van der Waals surface area contributed by atoms with E-state index in [1.54, 1.807) is 25.4 Å². The molecule has 0 spiro atoms. The Morgan fingerprint density at radius 2 is 1.71 bits per heavy atom. The van der Waals surface area contributed by atoms with E-state index < -0.39 is 0 Å². The van der Waals surface area contributed by atoms with Crippen LogP contribution in [0.2, 0.25) is 0 Å². The first kappa shape index (κ1) is 29.7. The number of benzene rings is 3. The summed E-state index contributed by atoms with van der Waals surface area (Å²) in [5.74, 6) is 2.31. The predicted molar refractivity (Wildman–Crippen MR) is 167 cm³/mol. The van der Waals surface area contributed by atoms with Crippen LogP contribution in [-0.4, -0.2) is 32.8 Å². The molecule has 0 saturated heterocycles. The SMILES string of the molecule is COc1ccc(-c2ccc(Cn3c([C@@H]4CC4(C)C)nc4cc(OCc5ccc6ccccc6n5)ccc43)c(F)c2)cn1.O=C=O. The fourth-order valence-corrected chi connectivity index (χ4v) is 5.60. The van der Waals surface area contributed by atoms with Crippen LogP contribution < -0.4 is 9.47 Å². The maximum absolute atomic E-state index is 15.5. The van der Waals surface area contributed by atoms with Crippen molar-refractivity contribution in [2.75, 3.05) is 7.11 Å². The third-order valence-electron chi connectivity index (χ3n) is 8.28. The van der Waals surface area contributed by atoms with Crippen LogP contribution >= 0.6 is 0 Å². The van der Waals surface area contributed by atoms with Gasteiger partial charge in [0, 0.05) is 40.8 Å². The number of fused-ring (bicyclic) bond motifs is 2. The van der Waals surface area contributed by atoms with Crippen molar-refractivity contribution in [2.45, 2.75) is 39.3 Å². The second kappa shape index (κ2) is 12.3. The highest BCUT2D eigenvalue weighted by atomic mass is 19.1. The smallest absolute Gasteiger partial charge is 0.373 e. The Bertz CT molecular complexity index is 2030. The van der Waals surface area contributed by atoms with E-state index in [2.05, 4.69) is 35.5 Å². The predicted octanol–water partition coefficient (Wildman–Crippen LogP) is 7.35. The molecule has 0 amide bonds. The normalized spacial score (nSPS) is 14.8. The van der Waals surface area contributed by atoms with Crippen LogP contribution in [0, 0.1) is 11.2 Å². The second-order valence-electron chi connectivity index (χ2n) is 11.7. The van der Waals surface area contributed by atoms with Gasteiger partial charge >= 0.3 is 6.15 Å². The van der Waals surface area contributed by atoms with Crippen molar-refractivity contribution in [1.29, 1.82) is 0 Å². The van der Waals surface area contributed by atoms with Gasteiger partial charge < -0.3 is 14.0 Å². The molecule has 3 aromatic heterocycles. The van der Waals surface area contributed by atoms with E-state index >= 15 is 4.39 Å². The lowest BCUT2D eigenvalue weighted by Gasteiger charge is -2.13. The minimum absolute atomic E-state index is 0.171. The first-order chi connectivity index (χ1) is 21.8. The van der Waals surface area contributed by atoms with Gasteiger partial charge in [-0.25, -0.2) is 19.3 Å². The van der Waals surface area contributed by atoms with Gasteiger partial charge in [-0.15, -0.1) is 0 Å². The molecule has 226 valence electrons. The van der Waals surface area contributed by atoms with Crippen LogP contribution in [0.3, 0.4) is 0 Å². The lowest BCUT2D eigenvalue weighted by atomic mass is 10.0. The average molecular weight is 603 g/mol. The van der Waals surface area contributed by atoms with Crippen LogP contribution in [-0.2, 0) is 22.7 Å². The van der Waals surface area contributed by atoms with Crippen molar-refractivity contribution in [1.82, 2.24) is 19.5 Å². The minimum atomic E-state index is -0.256. The summed E-state index contributed by atoms with van der Waals surface area (Å²) in [6.07, 6.45) is 3.00. The maximum atomic E-state index is 15.5. The monoisotopic (exact) mass is 602 g/mol. The summed E-state index contributed by atoms with van der Waals surface area (Å²) in [5.41, 5.74) is 6.01. The zero-order chi connectivity index (χ0) is 31.6. The van der Waals surface area contributed by atoms with Crippen molar-refractivity contribution < 1.29 is 23.5 Å². The topological polar surface area (TPSA) is 96.2 Å². The number of aromatic nitrogens is 4. The van der Waals surface area contributed by atoms with E-state index in [0.29, 0.717) is 30.5 Å². The quantitative estimate of drug-likeness (QED) is 0.180. The molecule has 0 radical (unpaired) electrons. The van der Waals surface area contributed by atoms with E-state index in [4.69, 9.17) is 29.0 Å². The average Bonchev–Trinajstić information content (AvgIpc) is 3.55. The Labute approximate surface area is 259 Å². The number of hydrogen-bond donors (Lipinski definition) is 0. The molecule has 1 fully saturated rings. The number of para-hydroxylation sites is 1. The third-order valence-corrected chi connectivity index (χ3v) is 8.28. The van der Waals surface area contributed by atoms with Gasteiger partial charge in [-0.3, -0.25) is 0 Å². The van der Waals surface area contributed by atoms with Crippen molar-refractivity contribution >= 4 is 28.1 Å². The number of imidazole rings is 1. The number of ether oxygens (including phenoxy) is 2. The van der Waals surface area contributed by atoms with E-state index in [1.165, 1.54) is 0 Å². The molecule has 0 unspecified atom stereocenters. The highest BCUT2D eigenvalue weighted by Gasteiger charge is 2.49. The highest BCUT2D eigenvalue weighted by Crippen LogP contribution is 2.58. The Balaban J connectivity index is 0.00000115. The summed E-state index contributed by atoms with van der Waals surface area (Å²) < 4.78 is 28.9. The van der Waals surface area contributed by atoms with E-state index in [9.17, 15) is 0 Å². The first-order valence-corrected chi connectivity index (χ1v) is 14.6. The standard InChI is InChI=1S/C35H31FN4O2.CO2/c1-35(2)18-28(35)34-39-31-17-27(42-21-26-12-10-22-6-4-5-7-30(22)38-26)13-14-32(31)40(34)20-25-9-8-23(16-29(25)36)24-11-15-33(41-3)37-19-24;2-1-3/h4-17,19,28H,18,20-21H2,1-3H3;/t28-;/m0./s1. The Kier molecular flexibility index (Phi) is 8.11. The fourth-order valence-electron chi connectivity index (χ4n) is 5.60. The molecule has 3 aromatic carbocycles. The van der Waals surface area contributed by atoms with Crippen LogP contribution in [0.4, 0.5) is 4.39 Å². The number of pyridine rings is 2. The van der Waals surface area contributed by atoms with Crippen molar-refractivity contribution in [3.8, 4) is 22.8 Å². The number of nitrogens with zero attached hydrogens (tertiary/aromatic N) is 4. The molecular formula is C36H31FN4O4. The van der Waals surface area contributed by atoms with Crippen molar-refractivity contribution in [3.63, 3.8) is 0 Å². The van der Waals surface area contributed by atoms with Crippen LogP contribution in [0.1, 0.15) is 43.3 Å². The zero-order valence-electron chi connectivity index (χ0n) is 25.2. The van der Waals surface area contributed by atoms with Gasteiger partial charge in [-0.1, -0.05) is 50.2 Å². The molecule has 8 nitrogen and oxygen atoms in total. The van der Waals surface area contributed by atoms with Gasteiger partial charge in [-0.05, 0) is 53.8 Å². The molecular weight excluding hydrogens is 571 g/mol. The Hall–Kier alpha value is -5.40. The fraction of sp³-hybridized carbons (Fsp3) is 0.222. The summed E-state index contributed by atoms with van der Waals surface area (Å²) in [7, 11) is 1.57. The summed E-state index contributed by atoms with van der Waals surface area (Å²) in [4.78, 5) is 30.3. The molecule has 0 bridgehead atoms. The number of hydrogen-bond acceptors (Lipinski definition) is 7. The highest BCUT2D eigenvalue weighted by molar-refractivity contribution is 5.79. The van der Waals surface area contributed by atoms with Gasteiger partial charge in [0.25, 0.3) is 0 Å². The molecule has 1 aliphatic rings. The number of methoxy groups -OCH3 is 1. The molecule has 3 heterocycles. The van der Waals surface area contributed by atoms with Crippen LogP contribution in [0.25, 0.3) is 33.1 Å². The van der Waals surface area contributed by atoms with Gasteiger partial charge in [0.05, 0.1) is 35.9 Å². The summed E-state index contributed by atoms with van der Waals surface area (Å²) in [6, 6.07) is 27.1. The molecule has 1 saturated carbocycles. The summed E-state index contributed by atoms with van der Waals surface area (Å²) in [5, 5.41) is 1.10. The van der Waals surface area contributed by atoms with Gasteiger partial charge in [0.2, 0.25) is 5.88 Å². The molecule has 9 heteroatoms. The number of halogens is 1. The molecule has 6 aromatic rings. The van der Waals surface area contributed by atoms with E-state index in [1.807, 2.05) is 60.7 Å². The van der Waals surface area contributed by atoms with E-state index in [-0.39, 0.29) is 17.4 Å². The second-order valence-corrected chi connectivity index (χ2v) is 11.7. The molecule has 7 rings (SSSR count). The lowest BCUT2D eigenvalue weighted by molar-refractivity contribution is -0.191. The van der Waals surface area contributed by atoms with Gasteiger partial charge in [-0.2, -0.15) is 9.59 Å². The van der Waals surface area contributed by atoms with Crippen LogP contribution in [0.15, 0.2) is 91.1 Å². The Morgan fingerprint density at radius 3 is 2.42 bits per heavy atom. The molecule has 0 aliphatic heterocycles. The minimum Gasteiger partial charge on any atom is -0.487 e. The van der Waals surface area contributed by atoms with Gasteiger partial charge in [0.1, 0.15) is 24.0 Å². The van der Waals surface area contributed by atoms with Crippen LogP contribution in [0.5, 0.6) is 11.6 Å². The van der Waals surface area contributed by atoms with Crippen molar-refractivity contribution in [3.05, 3.63) is 114 Å². The first-order valence-electron chi connectivity index (χ1n) is 14.6. The summed E-state index contributed by atoms with van der Waals surface area (Å²) >= 11 is 0. The van der Waals surface area contributed by atoms with Gasteiger partial charge in [0.15, 0.2) is 0 Å². The summed E-state index contributed by atoms with van der Waals surface area (Å²) in [6.45, 7) is 5.27. The molecule has 1 atom stereocenters. The zero-order valence-corrected chi connectivity index (χ0v) is 25.2. The van der Waals surface area contributed by atoms with E-state index in [0.717, 1.165) is 56.8 Å². The number of rotatable bonds is 8. The number of carbonyl (C=O) groups excluding carboxylic acids is 2. The Morgan fingerprint density at radius 1 is 0.933 bits per heavy atom. The molecule has 1 aliphatic carbocycles. The van der Waals surface area contributed by atoms with Crippen molar-refractivity contribution in [2.24, 2.45) is 5.41 Å².